The van der Waals surface area contributed by atoms with Crippen LogP contribution in [0.1, 0.15) is 25.7 Å². The Morgan fingerprint density at radius 2 is 2.23 bits per heavy atom. The molecule has 1 amide bonds. The molecule has 1 atom stereocenters. The third-order valence-corrected chi connectivity index (χ3v) is 2.69. The lowest BCUT2D eigenvalue weighted by Crippen LogP contribution is -2.30. The SMILES string of the molecule is NCCC1CCCN(C(=O)O)CC1. The Balaban J connectivity index is 2.35. The van der Waals surface area contributed by atoms with E-state index >= 15 is 0 Å². The van der Waals surface area contributed by atoms with Crippen LogP contribution in [0, 0.1) is 5.92 Å². The second-order valence-electron chi connectivity index (χ2n) is 3.64. The van der Waals surface area contributed by atoms with Crippen molar-refractivity contribution in [2.24, 2.45) is 11.7 Å². The molecule has 1 aliphatic rings. The molecule has 0 bridgehead atoms. The van der Waals surface area contributed by atoms with Gasteiger partial charge in [-0.05, 0) is 38.1 Å². The molecule has 1 fully saturated rings. The van der Waals surface area contributed by atoms with Crippen LogP contribution in [0.15, 0.2) is 0 Å². The normalized spacial score (nSPS) is 24.1. The average molecular weight is 186 g/mol. The number of carbonyl (C=O) groups is 1. The molecular formula is C9H18N2O2. The average Bonchev–Trinajstić information content (AvgIpc) is 2.30. The molecule has 0 aliphatic carbocycles. The van der Waals surface area contributed by atoms with Crippen LogP contribution in [0.2, 0.25) is 0 Å². The van der Waals surface area contributed by atoms with Crippen LogP contribution in [-0.2, 0) is 0 Å². The van der Waals surface area contributed by atoms with Gasteiger partial charge < -0.3 is 15.7 Å². The minimum atomic E-state index is -0.784. The maximum absolute atomic E-state index is 10.7. The van der Waals surface area contributed by atoms with Crippen molar-refractivity contribution in [2.75, 3.05) is 19.6 Å². The van der Waals surface area contributed by atoms with Gasteiger partial charge in [-0.15, -0.1) is 0 Å². The quantitative estimate of drug-likeness (QED) is 0.679. The molecule has 0 aromatic rings. The number of likely N-dealkylation sites (tertiary alicyclic amines) is 1. The number of hydrogen-bond acceptors (Lipinski definition) is 2. The van der Waals surface area contributed by atoms with Crippen LogP contribution >= 0.6 is 0 Å². The van der Waals surface area contributed by atoms with Crippen LogP contribution in [0.25, 0.3) is 0 Å². The summed E-state index contributed by atoms with van der Waals surface area (Å²) in [5.41, 5.74) is 5.47. The fourth-order valence-corrected chi connectivity index (χ4v) is 1.88. The summed E-state index contributed by atoms with van der Waals surface area (Å²) < 4.78 is 0. The Bertz CT molecular complexity index is 173. The second-order valence-corrected chi connectivity index (χ2v) is 3.64. The molecule has 0 radical (unpaired) electrons. The predicted molar refractivity (Wildman–Crippen MR) is 50.6 cm³/mol. The fraction of sp³-hybridized carbons (Fsp3) is 0.889. The van der Waals surface area contributed by atoms with Crippen molar-refractivity contribution in [2.45, 2.75) is 25.7 Å². The molecule has 0 spiro atoms. The largest absolute Gasteiger partial charge is 0.465 e. The van der Waals surface area contributed by atoms with E-state index in [9.17, 15) is 4.79 Å². The van der Waals surface area contributed by atoms with Crippen LogP contribution < -0.4 is 5.73 Å². The van der Waals surface area contributed by atoms with Crippen LogP contribution in [0.4, 0.5) is 4.79 Å². The lowest BCUT2D eigenvalue weighted by Gasteiger charge is -2.16. The van der Waals surface area contributed by atoms with Gasteiger partial charge in [-0.25, -0.2) is 4.79 Å². The molecule has 0 aromatic carbocycles. The van der Waals surface area contributed by atoms with E-state index in [4.69, 9.17) is 10.8 Å². The minimum absolute atomic E-state index is 0.634. The topological polar surface area (TPSA) is 66.6 Å². The van der Waals surface area contributed by atoms with E-state index in [0.717, 1.165) is 32.2 Å². The van der Waals surface area contributed by atoms with Gasteiger partial charge in [0.1, 0.15) is 0 Å². The van der Waals surface area contributed by atoms with Crippen molar-refractivity contribution in [3.05, 3.63) is 0 Å². The lowest BCUT2D eigenvalue weighted by atomic mass is 9.97. The smallest absolute Gasteiger partial charge is 0.407 e. The lowest BCUT2D eigenvalue weighted by molar-refractivity contribution is 0.146. The van der Waals surface area contributed by atoms with E-state index in [0.29, 0.717) is 19.0 Å². The Kier molecular flexibility index (Phi) is 4.02. The second kappa shape index (κ2) is 5.07. The summed E-state index contributed by atoms with van der Waals surface area (Å²) in [5.74, 6) is 0.634. The molecule has 0 aromatic heterocycles. The summed E-state index contributed by atoms with van der Waals surface area (Å²) in [7, 11) is 0. The summed E-state index contributed by atoms with van der Waals surface area (Å²) in [4.78, 5) is 12.2. The van der Waals surface area contributed by atoms with Gasteiger partial charge in [-0.1, -0.05) is 0 Å². The van der Waals surface area contributed by atoms with Gasteiger partial charge in [0.25, 0.3) is 0 Å². The first kappa shape index (κ1) is 10.3. The monoisotopic (exact) mass is 186 g/mol. The highest BCUT2D eigenvalue weighted by molar-refractivity contribution is 5.64. The van der Waals surface area contributed by atoms with Crippen molar-refractivity contribution in [3.63, 3.8) is 0 Å². The minimum Gasteiger partial charge on any atom is -0.465 e. The highest BCUT2D eigenvalue weighted by Crippen LogP contribution is 2.19. The van der Waals surface area contributed by atoms with Crippen molar-refractivity contribution >= 4 is 6.09 Å². The van der Waals surface area contributed by atoms with E-state index < -0.39 is 6.09 Å². The Labute approximate surface area is 78.7 Å². The highest BCUT2D eigenvalue weighted by atomic mass is 16.4. The van der Waals surface area contributed by atoms with Gasteiger partial charge in [0.05, 0.1) is 0 Å². The maximum atomic E-state index is 10.7. The fourth-order valence-electron chi connectivity index (χ4n) is 1.88. The molecule has 0 saturated carbocycles. The molecule has 3 N–H and O–H groups in total. The molecule has 1 heterocycles. The van der Waals surface area contributed by atoms with Gasteiger partial charge >= 0.3 is 6.09 Å². The van der Waals surface area contributed by atoms with E-state index in [-0.39, 0.29) is 0 Å². The summed E-state index contributed by atoms with van der Waals surface area (Å²) in [6.45, 7) is 2.09. The van der Waals surface area contributed by atoms with E-state index in [1.165, 1.54) is 4.90 Å². The molecule has 1 unspecified atom stereocenters. The summed E-state index contributed by atoms with van der Waals surface area (Å²) in [6, 6.07) is 0. The Hall–Kier alpha value is -0.770. The number of amides is 1. The molecule has 76 valence electrons. The Morgan fingerprint density at radius 1 is 1.46 bits per heavy atom. The summed E-state index contributed by atoms with van der Waals surface area (Å²) in [5, 5.41) is 8.78. The number of nitrogens with two attached hydrogens (primary N) is 1. The van der Waals surface area contributed by atoms with Crippen LogP contribution in [0.5, 0.6) is 0 Å². The standard InChI is InChI=1S/C9H18N2O2/c10-5-3-8-2-1-6-11(7-4-8)9(12)13/h8H,1-7,10H2,(H,12,13). The molecule has 4 heteroatoms. The number of nitrogens with zero attached hydrogens (tertiary/aromatic N) is 1. The zero-order valence-electron chi connectivity index (χ0n) is 7.91. The van der Waals surface area contributed by atoms with E-state index in [1.807, 2.05) is 0 Å². The number of carboxylic acid groups (broad SMARTS) is 1. The molecular weight excluding hydrogens is 168 g/mol. The first-order valence-corrected chi connectivity index (χ1v) is 4.92. The first-order chi connectivity index (χ1) is 6.24. The first-order valence-electron chi connectivity index (χ1n) is 4.92. The van der Waals surface area contributed by atoms with E-state index in [1.54, 1.807) is 0 Å². The molecule has 1 saturated heterocycles. The molecule has 1 aliphatic heterocycles. The van der Waals surface area contributed by atoms with Gasteiger partial charge in [-0.3, -0.25) is 0 Å². The molecule has 4 nitrogen and oxygen atoms in total. The third-order valence-electron chi connectivity index (χ3n) is 2.69. The van der Waals surface area contributed by atoms with Gasteiger partial charge in [-0.2, -0.15) is 0 Å². The zero-order chi connectivity index (χ0) is 9.68. The predicted octanol–water partition coefficient (Wildman–Crippen LogP) is 1.12. The molecule has 13 heavy (non-hydrogen) atoms. The highest BCUT2D eigenvalue weighted by Gasteiger charge is 2.18. The van der Waals surface area contributed by atoms with Crippen molar-refractivity contribution < 1.29 is 9.90 Å². The Morgan fingerprint density at radius 3 is 2.85 bits per heavy atom. The number of hydrogen-bond donors (Lipinski definition) is 2. The maximum Gasteiger partial charge on any atom is 0.407 e. The number of rotatable bonds is 2. The molecule has 1 rings (SSSR count). The third kappa shape index (κ3) is 3.22. The van der Waals surface area contributed by atoms with Crippen molar-refractivity contribution in [3.8, 4) is 0 Å². The van der Waals surface area contributed by atoms with Crippen LogP contribution in [-0.4, -0.2) is 35.7 Å². The zero-order valence-corrected chi connectivity index (χ0v) is 7.91. The van der Waals surface area contributed by atoms with Crippen LogP contribution in [0.3, 0.4) is 0 Å². The summed E-state index contributed by atoms with van der Waals surface area (Å²) >= 11 is 0. The summed E-state index contributed by atoms with van der Waals surface area (Å²) in [6.07, 6.45) is 3.34. The van der Waals surface area contributed by atoms with Gasteiger partial charge in [0, 0.05) is 13.1 Å². The van der Waals surface area contributed by atoms with Gasteiger partial charge in [0.15, 0.2) is 0 Å². The van der Waals surface area contributed by atoms with Crippen molar-refractivity contribution in [1.29, 1.82) is 0 Å². The van der Waals surface area contributed by atoms with Crippen molar-refractivity contribution in [1.82, 2.24) is 4.90 Å². The van der Waals surface area contributed by atoms with Gasteiger partial charge in [0.2, 0.25) is 0 Å². The van der Waals surface area contributed by atoms with E-state index in [2.05, 4.69) is 0 Å².